The van der Waals surface area contributed by atoms with Crippen molar-refractivity contribution in [2.24, 2.45) is 0 Å². The third-order valence-corrected chi connectivity index (χ3v) is 4.36. The summed E-state index contributed by atoms with van der Waals surface area (Å²) in [5, 5.41) is 3.39. The lowest BCUT2D eigenvalue weighted by Gasteiger charge is -2.14. The minimum absolute atomic E-state index is 0.435. The molecule has 5 heteroatoms. The van der Waals surface area contributed by atoms with Gasteiger partial charge in [-0.15, -0.1) is 0 Å². The van der Waals surface area contributed by atoms with Gasteiger partial charge in [0.05, 0.1) is 6.61 Å². The molecule has 1 N–H and O–H groups in total. The van der Waals surface area contributed by atoms with Gasteiger partial charge in [-0.2, -0.15) is 16.7 Å². The van der Waals surface area contributed by atoms with E-state index in [9.17, 15) is 0 Å². The Balaban J connectivity index is 2.00. The van der Waals surface area contributed by atoms with Crippen LogP contribution in [0.3, 0.4) is 0 Å². The largest absolute Gasteiger partial charge is 0.478 e. The van der Waals surface area contributed by atoms with Crippen molar-refractivity contribution in [3.05, 3.63) is 11.9 Å². The van der Waals surface area contributed by atoms with Crippen molar-refractivity contribution in [2.45, 2.75) is 31.4 Å². The number of nitrogens with zero attached hydrogens (tertiary/aromatic N) is 2. The van der Waals surface area contributed by atoms with Gasteiger partial charge < -0.3 is 10.1 Å². The fraction of sp³-hybridized carbons (Fsp3) is 0.667. The Morgan fingerprint density at radius 1 is 1.47 bits per heavy atom. The van der Waals surface area contributed by atoms with Crippen LogP contribution in [0.2, 0.25) is 0 Å². The van der Waals surface area contributed by atoms with Crippen LogP contribution in [-0.4, -0.2) is 34.1 Å². The summed E-state index contributed by atoms with van der Waals surface area (Å²) in [6, 6.07) is 1.87. The lowest BCUT2D eigenvalue weighted by atomic mass is 10.4. The van der Waals surface area contributed by atoms with Crippen LogP contribution < -0.4 is 10.1 Å². The zero-order chi connectivity index (χ0) is 12.3. The highest BCUT2D eigenvalue weighted by molar-refractivity contribution is 8.00. The Bertz CT molecular complexity index is 393. The Labute approximate surface area is 107 Å². The van der Waals surface area contributed by atoms with Gasteiger partial charge in [-0.1, -0.05) is 0 Å². The Morgan fingerprint density at radius 3 is 2.82 bits per heavy atom. The summed E-state index contributed by atoms with van der Waals surface area (Å²) in [7, 11) is 0. The van der Waals surface area contributed by atoms with E-state index in [4.69, 9.17) is 4.74 Å². The van der Waals surface area contributed by atoms with Crippen molar-refractivity contribution in [3.8, 4) is 5.88 Å². The highest BCUT2D eigenvalue weighted by Crippen LogP contribution is 2.46. The van der Waals surface area contributed by atoms with Crippen molar-refractivity contribution in [2.75, 3.05) is 24.7 Å². The molecule has 1 heterocycles. The summed E-state index contributed by atoms with van der Waals surface area (Å²) in [5.41, 5.74) is 0. The topological polar surface area (TPSA) is 47.0 Å². The lowest BCUT2D eigenvalue weighted by molar-refractivity contribution is 0.325. The van der Waals surface area contributed by atoms with Crippen LogP contribution in [0.15, 0.2) is 6.07 Å². The normalized spacial score (nSPS) is 16.6. The van der Waals surface area contributed by atoms with Gasteiger partial charge in [0.25, 0.3) is 0 Å². The number of rotatable bonds is 6. The molecule has 0 radical (unpaired) electrons. The molecule has 1 aliphatic rings. The first-order chi connectivity index (χ1) is 8.17. The van der Waals surface area contributed by atoms with Crippen LogP contribution in [-0.2, 0) is 0 Å². The summed E-state index contributed by atoms with van der Waals surface area (Å²) in [6.07, 6.45) is 4.76. The molecule has 1 aromatic heterocycles. The first-order valence-corrected chi connectivity index (χ1v) is 7.17. The molecule has 0 aromatic carbocycles. The molecule has 17 heavy (non-hydrogen) atoms. The van der Waals surface area contributed by atoms with E-state index in [-0.39, 0.29) is 0 Å². The van der Waals surface area contributed by atoms with Crippen LogP contribution in [0.25, 0.3) is 0 Å². The van der Waals surface area contributed by atoms with E-state index in [1.165, 1.54) is 12.8 Å². The molecule has 0 atom stereocenters. The molecule has 4 nitrogen and oxygen atoms in total. The van der Waals surface area contributed by atoms with Crippen molar-refractivity contribution in [3.63, 3.8) is 0 Å². The molecule has 2 rings (SSSR count). The standard InChI is InChI=1S/C12H19N3OS/c1-4-16-11-7-10(14-9(2)15-11)13-8-12(17-3)5-6-12/h7H,4-6,8H2,1-3H3,(H,13,14,15). The Kier molecular flexibility index (Phi) is 3.76. The van der Waals surface area contributed by atoms with E-state index < -0.39 is 0 Å². The van der Waals surface area contributed by atoms with Gasteiger partial charge in [-0.25, -0.2) is 4.98 Å². The van der Waals surface area contributed by atoms with Crippen LogP contribution in [0.5, 0.6) is 5.88 Å². The predicted molar refractivity (Wildman–Crippen MR) is 71.9 cm³/mol. The van der Waals surface area contributed by atoms with Gasteiger partial charge in [-0.05, 0) is 32.9 Å². The average molecular weight is 253 g/mol. The fourth-order valence-corrected chi connectivity index (χ4v) is 2.42. The second kappa shape index (κ2) is 5.12. The van der Waals surface area contributed by atoms with Crippen LogP contribution in [0.4, 0.5) is 5.82 Å². The molecular weight excluding hydrogens is 234 g/mol. The molecule has 0 bridgehead atoms. The molecule has 0 aliphatic heterocycles. The van der Waals surface area contributed by atoms with E-state index in [0.29, 0.717) is 17.2 Å². The maximum Gasteiger partial charge on any atom is 0.218 e. The number of nitrogens with one attached hydrogen (secondary N) is 1. The minimum atomic E-state index is 0.435. The molecule has 1 saturated carbocycles. The molecule has 0 unspecified atom stereocenters. The van der Waals surface area contributed by atoms with Gasteiger partial charge in [0.1, 0.15) is 11.6 Å². The molecule has 1 aromatic rings. The zero-order valence-electron chi connectivity index (χ0n) is 10.6. The number of aryl methyl sites for hydroxylation is 1. The van der Waals surface area contributed by atoms with Crippen LogP contribution in [0, 0.1) is 6.92 Å². The fourth-order valence-electron chi connectivity index (χ4n) is 1.70. The first-order valence-electron chi connectivity index (χ1n) is 5.95. The van der Waals surface area contributed by atoms with Gasteiger partial charge in [0.15, 0.2) is 0 Å². The minimum Gasteiger partial charge on any atom is -0.478 e. The third kappa shape index (κ3) is 3.25. The summed E-state index contributed by atoms with van der Waals surface area (Å²) >= 11 is 1.94. The summed E-state index contributed by atoms with van der Waals surface area (Å²) < 4.78 is 5.84. The van der Waals surface area contributed by atoms with E-state index in [2.05, 4.69) is 21.5 Å². The van der Waals surface area contributed by atoms with Crippen molar-refractivity contribution >= 4 is 17.6 Å². The van der Waals surface area contributed by atoms with Crippen molar-refractivity contribution in [1.82, 2.24) is 9.97 Å². The van der Waals surface area contributed by atoms with Gasteiger partial charge >= 0.3 is 0 Å². The summed E-state index contributed by atoms with van der Waals surface area (Å²) in [5.74, 6) is 2.25. The number of aromatic nitrogens is 2. The third-order valence-electron chi connectivity index (χ3n) is 2.94. The number of ether oxygens (including phenoxy) is 1. The molecule has 0 saturated heterocycles. The highest BCUT2D eigenvalue weighted by atomic mass is 32.2. The summed E-state index contributed by atoms with van der Waals surface area (Å²) in [6.45, 7) is 5.44. The molecule has 94 valence electrons. The van der Waals surface area contributed by atoms with Gasteiger partial charge in [0.2, 0.25) is 5.88 Å². The van der Waals surface area contributed by atoms with E-state index in [1.54, 1.807) is 0 Å². The Morgan fingerprint density at radius 2 is 2.24 bits per heavy atom. The van der Waals surface area contributed by atoms with Crippen LogP contribution >= 0.6 is 11.8 Å². The monoisotopic (exact) mass is 253 g/mol. The quantitative estimate of drug-likeness (QED) is 0.844. The number of anilines is 1. The molecule has 0 amide bonds. The predicted octanol–water partition coefficient (Wildman–Crippen LogP) is 2.49. The maximum absolute atomic E-state index is 5.40. The smallest absolute Gasteiger partial charge is 0.218 e. The van der Waals surface area contributed by atoms with Gasteiger partial charge in [-0.3, -0.25) is 0 Å². The molecular formula is C12H19N3OS. The number of thioether (sulfide) groups is 1. The van der Waals surface area contributed by atoms with E-state index in [0.717, 1.165) is 18.2 Å². The maximum atomic E-state index is 5.40. The second-order valence-corrected chi connectivity index (χ2v) is 5.59. The zero-order valence-corrected chi connectivity index (χ0v) is 11.4. The van der Waals surface area contributed by atoms with Crippen molar-refractivity contribution in [1.29, 1.82) is 0 Å². The number of hydrogen-bond acceptors (Lipinski definition) is 5. The van der Waals surface area contributed by atoms with E-state index in [1.807, 2.05) is 31.7 Å². The second-order valence-electron chi connectivity index (χ2n) is 4.31. The lowest BCUT2D eigenvalue weighted by Crippen LogP contribution is -2.18. The van der Waals surface area contributed by atoms with E-state index >= 15 is 0 Å². The van der Waals surface area contributed by atoms with Crippen LogP contribution in [0.1, 0.15) is 25.6 Å². The summed E-state index contributed by atoms with van der Waals surface area (Å²) in [4.78, 5) is 8.59. The molecule has 1 aliphatic carbocycles. The van der Waals surface area contributed by atoms with Crippen molar-refractivity contribution < 1.29 is 4.74 Å². The number of hydrogen-bond donors (Lipinski definition) is 1. The van der Waals surface area contributed by atoms with Gasteiger partial charge in [0, 0.05) is 17.4 Å². The molecule has 1 fully saturated rings. The molecule has 0 spiro atoms. The average Bonchev–Trinajstić information content (AvgIpc) is 3.07. The Hall–Kier alpha value is -0.970. The first kappa shape index (κ1) is 12.5. The highest BCUT2D eigenvalue weighted by Gasteiger charge is 2.41. The SMILES string of the molecule is CCOc1cc(NCC2(SC)CC2)nc(C)n1.